The molecule has 1 aliphatic heterocycles. The number of thioether (sulfide) groups is 1. The summed E-state index contributed by atoms with van der Waals surface area (Å²) in [6.45, 7) is 2.34. The Hall–Kier alpha value is -0.790. The topological polar surface area (TPSA) is 70.1 Å². The second-order valence-electron chi connectivity index (χ2n) is 3.95. The van der Waals surface area contributed by atoms with Gasteiger partial charge in [-0.15, -0.1) is 0 Å². The van der Waals surface area contributed by atoms with Crippen LogP contribution >= 0.6 is 11.8 Å². The van der Waals surface area contributed by atoms with E-state index in [9.17, 15) is 9.59 Å². The van der Waals surface area contributed by atoms with Crippen LogP contribution < -0.4 is 0 Å². The zero-order valence-corrected chi connectivity index (χ0v) is 11.4. The van der Waals surface area contributed by atoms with Crippen molar-refractivity contribution >= 4 is 22.9 Å². The quantitative estimate of drug-likeness (QED) is 0.676. The van der Waals surface area contributed by atoms with Crippen LogP contribution in [0.1, 0.15) is 6.42 Å². The predicted octanol–water partition coefficient (Wildman–Crippen LogP) is 0.0126. The van der Waals surface area contributed by atoms with Crippen molar-refractivity contribution in [3.63, 3.8) is 0 Å². The smallest absolute Gasteiger partial charge is 0.281 e. The number of nitrogens with zero attached hydrogens (tertiary/aromatic N) is 2. The Balaban J connectivity index is 2.33. The minimum atomic E-state index is -0.0616. The molecule has 1 heterocycles. The van der Waals surface area contributed by atoms with Crippen molar-refractivity contribution in [3.05, 3.63) is 0 Å². The van der Waals surface area contributed by atoms with Crippen LogP contribution in [0.15, 0.2) is 0 Å². The summed E-state index contributed by atoms with van der Waals surface area (Å²) in [5, 5.41) is 8.95. The van der Waals surface area contributed by atoms with E-state index in [1.54, 1.807) is 16.9 Å². The van der Waals surface area contributed by atoms with Crippen LogP contribution in [0.2, 0.25) is 0 Å². The third kappa shape index (κ3) is 4.83. The molecule has 0 saturated carbocycles. The lowest BCUT2D eigenvalue weighted by Crippen LogP contribution is -2.38. The van der Waals surface area contributed by atoms with E-state index in [0.717, 1.165) is 12.3 Å². The number of methoxy groups -OCH3 is 1. The van der Waals surface area contributed by atoms with Gasteiger partial charge in [0.25, 0.3) is 5.24 Å². The second-order valence-corrected chi connectivity index (χ2v) is 4.99. The first kappa shape index (κ1) is 15.3. The Morgan fingerprint density at radius 3 is 2.89 bits per heavy atom. The Bertz CT molecular complexity index is 288. The lowest BCUT2D eigenvalue weighted by molar-refractivity contribution is -0.132. The lowest BCUT2D eigenvalue weighted by Gasteiger charge is -2.22. The molecular weight excluding hydrogens is 256 g/mol. The van der Waals surface area contributed by atoms with Crippen molar-refractivity contribution in [1.29, 1.82) is 0 Å². The second kappa shape index (κ2) is 8.34. The van der Waals surface area contributed by atoms with Gasteiger partial charge in [-0.05, 0) is 0 Å². The van der Waals surface area contributed by atoms with Gasteiger partial charge in [0.15, 0.2) is 0 Å². The summed E-state index contributed by atoms with van der Waals surface area (Å²) in [5.41, 5.74) is 0. The number of carbonyl (C=O) groups excluding carboxylic acids is 2. The van der Waals surface area contributed by atoms with Crippen LogP contribution in [0.3, 0.4) is 0 Å². The number of aliphatic hydroxyl groups excluding tert-OH is 1. The molecule has 0 bridgehead atoms. The van der Waals surface area contributed by atoms with E-state index in [2.05, 4.69) is 0 Å². The van der Waals surface area contributed by atoms with Gasteiger partial charge in [0.2, 0.25) is 5.91 Å². The monoisotopic (exact) mass is 276 g/mol. The molecule has 18 heavy (non-hydrogen) atoms. The Morgan fingerprint density at radius 1 is 1.56 bits per heavy atom. The van der Waals surface area contributed by atoms with Gasteiger partial charge in [0, 0.05) is 45.5 Å². The van der Waals surface area contributed by atoms with Gasteiger partial charge in [-0.2, -0.15) is 0 Å². The van der Waals surface area contributed by atoms with Crippen LogP contribution in [-0.2, 0) is 9.53 Å². The molecule has 1 saturated heterocycles. The zero-order chi connectivity index (χ0) is 13.4. The van der Waals surface area contributed by atoms with Crippen LogP contribution in [0.5, 0.6) is 0 Å². The molecule has 0 aromatic carbocycles. The minimum absolute atomic E-state index is 0.0494. The number of aliphatic hydroxyl groups is 1. The SMILES string of the molecule is COCCN(CCO)C(=O)CCN1CCSC1=O. The van der Waals surface area contributed by atoms with Gasteiger partial charge in [-0.3, -0.25) is 9.59 Å². The van der Waals surface area contributed by atoms with Gasteiger partial charge in [-0.1, -0.05) is 11.8 Å². The Morgan fingerprint density at radius 2 is 2.33 bits per heavy atom. The minimum Gasteiger partial charge on any atom is -0.395 e. The summed E-state index contributed by atoms with van der Waals surface area (Å²) in [6, 6.07) is 0. The molecule has 0 atom stereocenters. The number of hydrogen-bond acceptors (Lipinski definition) is 5. The fourth-order valence-electron chi connectivity index (χ4n) is 1.70. The van der Waals surface area contributed by atoms with E-state index < -0.39 is 0 Å². The highest BCUT2D eigenvalue weighted by molar-refractivity contribution is 8.13. The molecule has 0 aromatic heterocycles. The standard InChI is InChI=1S/C11H20N2O4S/c1-17-8-5-12(4-7-14)10(15)2-3-13-6-9-18-11(13)16/h14H,2-9H2,1H3. The molecule has 1 N–H and O–H groups in total. The number of amides is 2. The summed E-state index contributed by atoms with van der Waals surface area (Å²) < 4.78 is 4.92. The first-order chi connectivity index (χ1) is 8.69. The first-order valence-electron chi connectivity index (χ1n) is 5.98. The first-order valence-corrected chi connectivity index (χ1v) is 6.97. The number of hydrogen-bond donors (Lipinski definition) is 1. The summed E-state index contributed by atoms with van der Waals surface area (Å²) in [7, 11) is 1.57. The van der Waals surface area contributed by atoms with Gasteiger partial charge in [-0.25, -0.2) is 0 Å². The van der Waals surface area contributed by atoms with E-state index in [0.29, 0.717) is 32.7 Å². The van der Waals surface area contributed by atoms with Gasteiger partial charge < -0.3 is 19.6 Å². The molecule has 1 fully saturated rings. The molecule has 2 amide bonds. The number of ether oxygens (including phenoxy) is 1. The van der Waals surface area contributed by atoms with E-state index in [4.69, 9.17) is 9.84 Å². The summed E-state index contributed by atoms with van der Waals surface area (Å²) in [5.74, 6) is 0.752. The maximum atomic E-state index is 11.9. The van der Waals surface area contributed by atoms with E-state index in [1.807, 2.05) is 0 Å². The average Bonchev–Trinajstić information content (AvgIpc) is 2.77. The van der Waals surface area contributed by atoms with Crippen LogP contribution in [-0.4, -0.2) is 78.3 Å². The highest BCUT2D eigenvalue weighted by Gasteiger charge is 2.22. The molecule has 1 aliphatic rings. The Kier molecular flexibility index (Phi) is 7.07. The summed E-state index contributed by atoms with van der Waals surface area (Å²) in [4.78, 5) is 26.5. The molecule has 104 valence electrons. The van der Waals surface area contributed by atoms with Crippen molar-refractivity contribution in [3.8, 4) is 0 Å². The molecule has 0 radical (unpaired) electrons. The number of carbonyl (C=O) groups is 2. The fraction of sp³-hybridized carbons (Fsp3) is 0.818. The highest BCUT2D eigenvalue weighted by atomic mass is 32.2. The van der Waals surface area contributed by atoms with Crippen LogP contribution in [0.4, 0.5) is 4.79 Å². The zero-order valence-electron chi connectivity index (χ0n) is 10.6. The van der Waals surface area contributed by atoms with Crippen molar-refractivity contribution in [1.82, 2.24) is 9.80 Å². The maximum absolute atomic E-state index is 11.9. The average molecular weight is 276 g/mol. The largest absolute Gasteiger partial charge is 0.395 e. The van der Waals surface area contributed by atoms with E-state index >= 15 is 0 Å². The normalized spacial score (nSPS) is 15.2. The fourth-order valence-corrected chi connectivity index (χ4v) is 2.55. The maximum Gasteiger partial charge on any atom is 0.281 e. The number of rotatable bonds is 8. The Labute approximate surface area is 111 Å². The molecule has 6 nitrogen and oxygen atoms in total. The molecular formula is C11H20N2O4S. The molecule has 1 rings (SSSR count). The van der Waals surface area contributed by atoms with Gasteiger partial charge in [0.1, 0.15) is 0 Å². The van der Waals surface area contributed by atoms with Crippen molar-refractivity contribution < 1.29 is 19.4 Å². The summed E-state index contributed by atoms with van der Waals surface area (Å²) >= 11 is 1.29. The van der Waals surface area contributed by atoms with Crippen molar-refractivity contribution in [2.75, 3.05) is 52.3 Å². The molecule has 0 unspecified atom stereocenters. The van der Waals surface area contributed by atoms with Crippen molar-refractivity contribution in [2.45, 2.75) is 6.42 Å². The van der Waals surface area contributed by atoms with Crippen LogP contribution in [0, 0.1) is 0 Å². The van der Waals surface area contributed by atoms with E-state index in [1.165, 1.54) is 11.8 Å². The molecule has 0 aliphatic carbocycles. The van der Waals surface area contributed by atoms with E-state index in [-0.39, 0.29) is 17.8 Å². The van der Waals surface area contributed by atoms with Crippen LogP contribution in [0.25, 0.3) is 0 Å². The molecule has 0 spiro atoms. The summed E-state index contributed by atoms with van der Waals surface area (Å²) in [6.07, 6.45) is 0.302. The van der Waals surface area contributed by atoms with Gasteiger partial charge in [0.05, 0.1) is 13.2 Å². The third-order valence-electron chi connectivity index (χ3n) is 2.73. The molecule has 7 heteroatoms. The molecule has 0 aromatic rings. The van der Waals surface area contributed by atoms with Crippen molar-refractivity contribution in [2.24, 2.45) is 0 Å². The van der Waals surface area contributed by atoms with Gasteiger partial charge >= 0.3 is 0 Å². The highest BCUT2D eigenvalue weighted by Crippen LogP contribution is 2.17. The third-order valence-corrected chi connectivity index (χ3v) is 3.62. The lowest BCUT2D eigenvalue weighted by atomic mass is 10.3. The predicted molar refractivity (Wildman–Crippen MR) is 69.6 cm³/mol.